The highest BCUT2D eigenvalue weighted by Gasteiger charge is 1.99. The standard InChI is InChI=1S/C11H7Cl2NO/c12-8-2-1-3-10(6-8)15-11-7-9(13)4-5-14-11/h1-7H. The number of halogens is 2. The lowest BCUT2D eigenvalue weighted by atomic mass is 10.3. The zero-order valence-electron chi connectivity index (χ0n) is 7.65. The van der Waals surface area contributed by atoms with Gasteiger partial charge in [0.05, 0.1) is 0 Å². The average Bonchev–Trinajstić information content (AvgIpc) is 2.17. The minimum atomic E-state index is 0.449. The van der Waals surface area contributed by atoms with Gasteiger partial charge in [0.2, 0.25) is 5.88 Å². The van der Waals surface area contributed by atoms with E-state index in [0.29, 0.717) is 21.7 Å². The molecule has 0 bridgehead atoms. The summed E-state index contributed by atoms with van der Waals surface area (Å²) >= 11 is 11.6. The average molecular weight is 240 g/mol. The zero-order chi connectivity index (χ0) is 10.7. The zero-order valence-corrected chi connectivity index (χ0v) is 9.16. The van der Waals surface area contributed by atoms with E-state index in [4.69, 9.17) is 27.9 Å². The summed E-state index contributed by atoms with van der Waals surface area (Å²) in [6, 6.07) is 10.4. The molecule has 2 nitrogen and oxygen atoms in total. The van der Waals surface area contributed by atoms with E-state index in [1.807, 2.05) is 6.07 Å². The SMILES string of the molecule is Clc1cccc(Oc2cc(Cl)ccn2)c1. The van der Waals surface area contributed by atoms with Crippen LogP contribution in [0.2, 0.25) is 10.0 Å². The molecule has 4 heteroatoms. The first-order valence-electron chi connectivity index (χ1n) is 4.29. The lowest BCUT2D eigenvalue weighted by molar-refractivity contribution is 0.463. The largest absolute Gasteiger partial charge is 0.439 e. The molecule has 2 rings (SSSR count). The molecule has 0 saturated carbocycles. The molecule has 0 spiro atoms. The number of nitrogens with zero attached hydrogens (tertiary/aromatic N) is 1. The molecule has 1 aromatic carbocycles. The fourth-order valence-electron chi connectivity index (χ4n) is 1.09. The Bertz CT molecular complexity index is 430. The van der Waals surface area contributed by atoms with E-state index in [0.717, 1.165) is 0 Å². The molecule has 0 aliphatic heterocycles. The van der Waals surface area contributed by atoms with Crippen LogP contribution < -0.4 is 4.74 Å². The van der Waals surface area contributed by atoms with Crippen molar-refractivity contribution in [3.05, 3.63) is 52.6 Å². The molecule has 0 N–H and O–H groups in total. The molecule has 0 aliphatic rings. The van der Waals surface area contributed by atoms with Gasteiger partial charge < -0.3 is 4.74 Å². The van der Waals surface area contributed by atoms with E-state index in [2.05, 4.69) is 4.98 Å². The van der Waals surface area contributed by atoms with Crippen LogP contribution in [0, 0.1) is 0 Å². The lowest BCUT2D eigenvalue weighted by Crippen LogP contribution is -1.86. The monoisotopic (exact) mass is 239 g/mol. The van der Waals surface area contributed by atoms with Crippen LogP contribution in [0.1, 0.15) is 0 Å². The van der Waals surface area contributed by atoms with E-state index in [-0.39, 0.29) is 0 Å². The number of hydrogen-bond acceptors (Lipinski definition) is 2. The molecule has 0 atom stereocenters. The Kier molecular flexibility index (Phi) is 3.09. The van der Waals surface area contributed by atoms with Gasteiger partial charge >= 0.3 is 0 Å². The first-order chi connectivity index (χ1) is 7.24. The van der Waals surface area contributed by atoms with Gasteiger partial charge in [0, 0.05) is 22.3 Å². The molecule has 0 radical (unpaired) electrons. The Morgan fingerprint density at radius 3 is 2.53 bits per heavy atom. The van der Waals surface area contributed by atoms with Crippen LogP contribution in [0.5, 0.6) is 11.6 Å². The van der Waals surface area contributed by atoms with E-state index in [9.17, 15) is 0 Å². The maximum Gasteiger partial charge on any atom is 0.220 e. The van der Waals surface area contributed by atoms with Crippen LogP contribution in [0.3, 0.4) is 0 Å². The van der Waals surface area contributed by atoms with Crippen molar-refractivity contribution in [2.75, 3.05) is 0 Å². The van der Waals surface area contributed by atoms with Gasteiger partial charge in [0.25, 0.3) is 0 Å². The topological polar surface area (TPSA) is 22.1 Å². The minimum Gasteiger partial charge on any atom is -0.439 e. The maximum absolute atomic E-state index is 5.82. The van der Waals surface area contributed by atoms with E-state index < -0.39 is 0 Å². The van der Waals surface area contributed by atoms with Crippen molar-refractivity contribution >= 4 is 23.2 Å². The van der Waals surface area contributed by atoms with Gasteiger partial charge in [0.15, 0.2) is 0 Å². The highest BCUT2D eigenvalue weighted by Crippen LogP contribution is 2.23. The number of aromatic nitrogens is 1. The summed E-state index contributed by atoms with van der Waals surface area (Å²) in [5.41, 5.74) is 0. The van der Waals surface area contributed by atoms with Crippen molar-refractivity contribution in [1.82, 2.24) is 4.98 Å². The Morgan fingerprint density at radius 1 is 1.00 bits per heavy atom. The van der Waals surface area contributed by atoms with Crippen molar-refractivity contribution in [1.29, 1.82) is 0 Å². The molecular formula is C11H7Cl2NO. The molecule has 76 valence electrons. The third kappa shape index (κ3) is 2.85. The van der Waals surface area contributed by atoms with Gasteiger partial charge in [-0.25, -0.2) is 4.98 Å². The third-order valence-corrected chi connectivity index (χ3v) is 2.19. The van der Waals surface area contributed by atoms with Gasteiger partial charge in [-0.15, -0.1) is 0 Å². The quantitative estimate of drug-likeness (QED) is 0.785. The van der Waals surface area contributed by atoms with Gasteiger partial charge in [-0.2, -0.15) is 0 Å². The predicted octanol–water partition coefficient (Wildman–Crippen LogP) is 4.18. The molecule has 1 heterocycles. The summed E-state index contributed by atoms with van der Waals surface area (Å²) in [5, 5.41) is 1.21. The van der Waals surface area contributed by atoms with E-state index in [1.165, 1.54) is 0 Å². The lowest BCUT2D eigenvalue weighted by Gasteiger charge is -2.04. The second-order valence-electron chi connectivity index (χ2n) is 2.87. The van der Waals surface area contributed by atoms with Gasteiger partial charge in [-0.1, -0.05) is 29.3 Å². The van der Waals surface area contributed by atoms with Gasteiger partial charge in [0.1, 0.15) is 5.75 Å². The molecular weight excluding hydrogens is 233 g/mol. The Balaban J connectivity index is 2.22. The van der Waals surface area contributed by atoms with Crippen LogP contribution in [0.15, 0.2) is 42.6 Å². The molecule has 0 aliphatic carbocycles. The number of benzene rings is 1. The van der Waals surface area contributed by atoms with Crippen LogP contribution in [-0.4, -0.2) is 4.98 Å². The molecule has 0 fully saturated rings. The Hall–Kier alpha value is -1.25. The summed E-state index contributed by atoms with van der Waals surface area (Å²) in [5.74, 6) is 1.09. The van der Waals surface area contributed by atoms with Crippen molar-refractivity contribution in [2.45, 2.75) is 0 Å². The van der Waals surface area contributed by atoms with Crippen LogP contribution in [-0.2, 0) is 0 Å². The molecule has 0 saturated heterocycles. The fourth-order valence-corrected chi connectivity index (χ4v) is 1.42. The first-order valence-corrected chi connectivity index (χ1v) is 5.04. The second-order valence-corrected chi connectivity index (χ2v) is 3.74. The molecule has 0 unspecified atom stereocenters. The van der Waals surface area contributed by atoms with Crippen molar-refractivity contribution in [2.24, 2.45) is 0 Å². The van der Waals surface area contributed by atoms with Gasteiger partial charge in [-0.3, -0.25) is 0 Å². The van der Waals surface area contributed by atoms with Crippen LogP contribution in [0.25, 0.3) is 0 Å². The number of hydrogen-bond donors (Lipinski definition) is 0. The molecule has 15 heavy (non-hydrogen) atoms. The summed E-state index contributed by atoms with van der Waals surface area (Å²) < 4.78 is 5.46. The molecule has 2 aromatic rings. The maximum atomic E-state index is 5.82. The smallest absolute Gasteiger partial charge is 0.220 e. The Labute approximate surface area is 97.4 Å². The highest BCUT2D eigenvalue weighted by molar-refractivity contribution is 6.31. The summed E-state index contributed by atoms with van der Waals surface area (Å²) in [4.78, 5) is 4.01. The predicted molar refractivity (Wildman–Crippen MR) is 60.8 cm³/mol. The fraction of sp³-hybridized carbons (Fsp3) is 0. The summed E-state index contributed by atoms with van der Waals surface area (Å²) in [6.07, 6.45) is 1.59. The van der Waals surface area contributed by atoms with Crippen molar-refractivity contribution < 1.29 is 4.74 Å². The van der Waals surface area contributed by atoms with Crippen molar-refractivity contribution in [3.63, 3.8) is 0 Å². The summed E-state index contributed by atoms with van der Waals surface area (Å²) in [7, 11) is 0. The number of pyridine rings is 1. The molecule has 1 aromatic heterocycles. The highest BCUT2D eigenvalue weighted by atomic mass is 35.5. The second kappa shape index (κ2) is 4.51. The number of ether oxygens (including phenoxy) is 1. The van der Waals surface area contributed by atoms with E-state index in [1.54, 1.807) is 36.5 Å². The molecule has 0 amide bonds. The Morgan fingerprint density at radius 2 is 1.80 bits per heavy atom. The minimum absolute atomic E-state index is 0.449. The van der Waals surface area contributed by atoms with Crippen molar-refractivity contribution in [3.8, 4) is 11.6 Å². The number of rotatable bonds is 2. The normalized spacial score (nSPS) is 10.0. The van der Waals surface area contributed by atoms with Crippen LogP contribution >= 0.6 is 23.2 Å². The third-order valence-electron chi connectivity index (χ3n) is 1.72. The van der Waals surface area contributed by atoms with Gasteiger partial charge in [-0.05, 0) is 24.3 Å². The van der Waals surface area contributed by atoms with E-state index >= 15 is 0 Å². The summed E-state index contributed by atoms with van der Waals surface area (Å²) in [6.45, 7) is 0. The van der Waals surface area contributed by atoms with Crippen LogP contribution in [0.4, 0.5) is 0 Å². The first kappa shape index (κ1) is 10.3.